The van der Waals surface area contributed by atoms with Crippen molar-refractivity contribution in [3.8, 4) is 0 Å². The van der Waals surface area contributed by atoms with Crippen LogP contribution >= 0.6 is 0 Å². The van der Waals surface area contributed by atoms with E-state index in [9.17, 15) is 10.1 Å². The minimum Gasteiger partial charge on any atom is -0.297 e. The molecule has 1 aromatic carbocycles. The molecule has 0 spiro atoms. The summed E-state index contributed by atoms with van der Waals surface area (Å²) >= 11 is 0. The molecule has 0 atom stereocenters. The highest BCUT2D eigenvalue weighted by molar-refractivity contribution is 5.80. The monoisotopic (exact) mass is 247 g/mol. The summed E-state index contributed by atoms with van der Waals surface area (Å²) in [5.41, 5.74) is 1.60. The molecule has 0 bridgehead atoms. The van der Waals surface area contributed by atoms with Gasteiger partial charge in [-0.05, 0) is 26.2 Å². The number of benzene rings is 1. The standard InChI is InChI=1S/C13H17N3O2/c1-11-5-6-12(9-13(11)16(17)18)10-14-15-7-3-2-4-8-15/h5-6,9-10H,2-4,7-8H2,1H3/b14-10-. The summed E-state index contributed by atoms with van der Waals surface area (Å²) < 4.78 is 0. The molecule has 1 fully saturated rings. The SMILES string of the molecule is Cc1ccc(/C=N\N2CCCCC2)cc1[N+](=O)[O-]. The second kappa shape index (κ2) is 5.62. The molecule has 1 aliphatic heterocycles. The van der Waals surface area contributed by atoms with Gasteiger partial charge < -0.3 is 0 Å². The summed E-state index contributed by atoms with van der Waals surface area (Å²) in [5.74, 6) is 0. The molecule has 18 heavy (non-hydrogen) atoms. The Morgan fingerprint density at radius 2 is 2.06 bits per heavy atom. The van der Waals surface area contributed by atoms with Crippen molar-refractivity contribution < 1.29 is 4.92 Å². The normalized spacial score (nSPS) is 16.2. The van der Waals surface area contributed by atoms with Gasteiger partial charge in [0.05, 0.1) is 11.1 Å². The van der Waals surface area contributed by atoms with Crippen molar-refractivity contribution in [2.75, 3.05) is 13.1 Å². The van der Waals surface area contributed by atoms with Crippen LogP contribution in [0.4, 0.5) is 5.69 Å². The van der Waals surface area contributed by atoms with E-state index in [1.165, 1.54) is 19.3 Å². The quantitative estimate of drug-likeness (QED) is 0.469. The molecule has 1 heterocycles. The van der Waals surface area contributed by atoms with E-state index in [0.717, 1.165) is 18.7 Å². The molecule has 0 aromatic heterocycles. The van der Waals surface area contributed by atoms with E-state index in [1.54, 1.807) is 25.3 Å². The van der Waals surface area contributed by atoms with E-state index in [4.69, 9.17) is 0 Å². The van der Waals surface area contributed by atoms with E-state index in [2.05, 4.69) is 5.10 Å². The molecule has 1 saturated heterocycles. The minimum atomic E-state index is -0.354. The maximum absolute atomic E-state index is 10.8. The number of rotatable bonds is 3. The first-order chi connectivity index (χ1) is 8.66. The zero-order valence-corrected chi connectivity index (χ0v) is 10.5. The molecule has 5 nitrogen and oxygen atoms in total. The predicted molar refractivity (Wildman–Crippen MR) is 70.9 cm³/mol. The molecule has 0 amide bonds. The Balaban J connectivity index is 2.11. The number of nitro groups is 1. The van der Waals surface area contributed by atoms with Gasteiger partial charge in [0.15, 0.2) is 0 Å². The fraction of sp³-hybridized carbons (Fsp3) is 0.462. The molecule has 0 aliphatic carbocycles. The van der Waals surface area contributed by atoms with E-state index in [-0.39, 0.29) is 10.6 Å². The van der Waals surface area contributed by atoms with Crippen LogP contribution in [0, 0.1) is 17.0 Å². The van der Waals surface area contributed by atoms with E-state index in [1.807, 2.05) is 11.1 Å². The molecule has 0 N–H and O–H groups in total. The van der Waals surface area contributed by atoms with Gasteiger partial charge in [-0.1, -0.05) is 12.1 Å². The highest BCUT2D eigenvalue weighted by Gasteiger charge is 2.10. The Morgan fingerprint density at radius 3 is 2.72 bits per heavy atom. The summed E-state index contributed by atoms with van der Waals surface area (Å²) in [6, 6.07) is 5.19. The van der Waals surface area contributed by atoms with Crippen LogP contribution in [0.1, 0.15) is 30.4 Å². The lowest BCUT2D eigenvalue weighted by atomic mass is 10.1. The summed E-state index contributed by atoms with van der Waals surface area (Å²) in [5, 5.41) is 17.2. The van der Waals surface area contributed by atoms with Crippen LogP contribution < -0.4 is 0 Å². The maximum atomic E-state index is 10.8. The number of hydrogen-bond donors (Lipinski definition) is 0. The Morgan fingerprint density at radius 1 is 1.33 bits per heavy atom. The maximum Gasteiger partial charge on any atom is 0.272 e. The summed E-state index contributed by atoms with van der Waals surface area (Å²) in [7, 11) is 0. The van der Waals surface area contributed by atoms with Crippen LogP contribution in [-0.4, -0.2) is 29.2 Å². The fourth-order valence-corrected chi connectivity index (χ4v) is 2.04. The number of hydrazone groups is 1. The first-order valence-electron chi connectivity index (χ1n) is 6.21. The number of aryl methyl sites for hydroxylation is 1. The van der Waals surface area contributed by atoms with Gasteiger partial charge in [0, 0.05) is 30.3 Å². The molecule has 1 aliphatic rings. The van der Waals surface area contributed by atoms with Crippen molar-refractivity contribution in [1.82, 2.24) is 5.01 Å². The largest absolute Gasteiger partial charge is 0.297 e. The predicted octanol–water partition coefficient (Wildman–Crippen LogP) is 2.72. The first kappa shape index (κ1) is 12.5. The molecular formula is C13H17N3O2. The Kier molecular flexibility index (Phi) is 3.92. The molecule has 2 rings (SSSR count). The lowest BCUT2D eigenvalue weighted by molar-refractivity contribution is -0.385. The van der Waals surface area contributed by atoms with Crippen molar-refractivity contribution >= 4 is 11.9 Å². The van der Waals surface area contributed by atoms with Gasteiger partial charge in [0.25, 0.3) is 5.69 Å². The third-order valence-corrected chi connectivity index (χ3v) is 3.13. The average Bonchev–Trinajstić information content (AvgIpc) is 2.38. The van der Waals surface area contributed by atoms with Crippen LogP contribution in [0.5, 0.6) is 0 Å². The molecule has 0 saturated carbocycles. The molecular weight excluding hydrogens is 230 g/mol. The zero-order valence-electron chi connectivity index (χ0n) is 10.5. The van der Waals surface area contributed by atoms with Gasteiger partial charge in [-0.25, -0.2) is 0 Å². The minimum absolute atomic E-state index is 0.151. The van der Waals surface area contributed by atoms with Crippen LogP contribution in [0.25, 0.3) is 0 Å². The number of hydrogen-bond acceptors (Lipinski definition) is 4. The van der Waals surface area contributed by atoms with Crippen LogP contribution in [0.15, 0.2) is 23.3 Å². The van der Waals surface area contributed by atoms with E-state index < -0.39 is 0 Å². The Bertz CT molecular complexity index is 465. The zero-order chi connectivity index (χ0) is 13.0. The number of piperidine rings is 1. The van der Waals surface area contributed by atoms with Crippen molar-refractivity contribution in [2.24, 2.45) is 5.10 Å². The van der Waals surface area contributed by atoms with Gasteiger partial charge in [-0.3, -0.25) is 15.1 Å². The third kappa shape index (κ3) is 3.06. The summed E-state index contributed by atoms with van der Waals surface area (Å²) in [4.78, 5) is 10.5. The van der Waals surface area contributed by atoms with Crippen molar-refractivity contribution in [1.29, 1.82) is 0 Å². The highest BCUT2D eigenvalue weighted by atomic mass is 16.6. The second-order valence-corrected chi connectivity index (χ2v) is 4.56. The average molecular weight is 247 g/mol. The fourth-order valence-electron chi connectivity index (χ4n) is 2.04. The lowest BCUT2D eigenvalue weighted by Gasteiger charge is -2.23. The summed E-state index contributed by atoms with van der Waals surface area (Å²) in [6.45, 7) is 3.69. The van der Waals surface area contributed by atoms with Gasteiger partial charge in [-0.2, -0.15) is 5.10 Å². The van der Waals surface area contributed by atoms with Gasteiger partial charge in [-0.15, -0.1) is 0 Å². The van der Waals surface area contributed by atoms with Crippen LogP contribution in [-0.2, 0) is 0 Å². The number of nitrogens with zero attached hydrogens (tertiary/aromatic N) is 3. The first-order valence-corrected chi connectivity index (χ1v) is 6.21. The van der Waals surface area contributed by atoms with Crippen molar-refractivity contribution in [3.05, 3.63) is 39.4 Å². The molecule has 0 radical (unpaired) electrons. The Labute approximate surface area is 106 Å². The molecule has 96 valence electrons. The topological polar surface area (TPSA) is 58.7 Å². The Hall–Kier alpha value is -1.91. The van der Waals surface area contributed by atoms with Crippen LogP contribution in [0.2, 0.25) is 0 Å². The van der Waals surface area contributed by atoms with E-state index in [0.29, 0.717) is 5.56 Å². The smallest absolute Gasteiger partial charge is 0.272 e. The molecule has 1 aromatic rings. The summed E-state index contributed by atoms with van der Waals surface area (Å²) in [6.07, 6.45) is 5.32. The van der Waals surface area contributed by atoms with Gasteiger partial charge in [0.1, 0.15) is 0 Å². The van der Waals surface area contributed by atoms with Crippen molar-refractivity contribution in [2.45, 2.75) is 26.2 Å². The second-order valence-electron chi connectivity index (χ2n) is 4.56. The van der Waals surface area contributed by atoms with Crippen LogP contribution in [0.3, 0.4) is 0 Å². The highest BCUT2D eigenvalue weighted by Crippen LogP contribution is 2.18. The molecule has 5 heteroatoms. The van der Waals surface area contributed by atoms with Crippen molar-refractivity contribution in [3.63, 3.8) is 0 Å². The number of nitro benzene ring substituents is 1. The van der Waals surface area contributed by atoms with Gasteiger partial charge in [0.2, 0.25) is 0 Å². The molecule has 0 unspecified atom stereocenters. The van der Waals surface area contributed by atoms with Gasteiger partial charge >= 0.3 is 0 Å². The third-order valence-electron chi connectivity index (χ3n) is 3.13. The van der Waals surface area contributed by atoms with E-state index >= 15 is 0 Å². The lowest BCUT2D eigenvalue weighted by Crippen LogP contribution is -2.24.